The van der Waals surface area contributed by atoms with Crippen molar-refractivity contribution in [2.75, 3.05) is 32.8 Å². The highest BCUT2D eigenvalue weighted by Crippen LogP contribution is 2.30. The topological polar surface area (TPSA) is 101 Å². The fourth-order valence-corrected chi connectivity index (χ4v) is 6.04. The number of rotatable bonds is 13. The van der Waals surface area contributed by atoms with Gasteiger partial charge in [0.25, 0.3) is 0 Å². The number of ether oxygens (including phenoxy) is 3. The van der Waals surface area contributed by atoms with Crippen molar-refractivity contribution >= 4 is 12.0 Å². The van der Waals surface area contributed by atoms with E-state index in [1.54, 1.807) is 30.5 Å². The molecule has 0 aliphatic carbocycles. The minimum atomic E-state index is 0.0217. The quantitative estimate of drug-likeness (QED) is 0.116. The number of aryl methyl sites for hydroxylation is 3. The molecule has 0 bridgehead atoms. The Hall–Kier alpha value is -5.98. The molecule has 0 unspecified atom stereocenters. The van der Waals surface area contributed by atoms with Gasteiger partial charge in [-0.2, -0.15) is 5.26 Å². The second kappa shape index (κ2) is 17.3. The molecule has 1 fully saturated rings. The van der Waals surface area contributed by atoms with Gasteiger partial charge in [0.15, 0.2) is 0 Å². The second-order valence-corrected chi connectivity index (χ2v) is 13.0. The number of hydrogen-bond donors (Lipinski definition) is 0. The summed E-state index contributed by atoms with van der Waals surface area (Å²) < 4.78 is 17.8. The lowest BCUT2D eigenvalue weighted by molar-refractivity contribution is -0.127. The van der Waals surface area contributed by atoms with Crippen LogP contribution in [0.1, 0.15) is 44.6 Å². The Kier molecular flexibility index (Phi) is 11.9. The zero-order valence-corrected chi connectivity index (χ0v) is 29.9. The summed E-state index contributed by atoms with van der Waals surface area (Å²) in [5.41, 5.74) is 7.87. The molecule has 0 saturated carbocycles. The summed E-state index contributed by atoms with van der Waals surface area (Å²) >= 11 is 0. The van der Waals surface area contributed by atoms with E-state index in [-0.39, 0.29) is 5.91 Å². The molecule has 3 heterocycles. The van der Waals surface area contributed by atoms with Crippen molar-refractivity contribution < 1.29 is 19.0 Å². The molecule has 5 aromatic rings. The third-order valence-corrected chi connectivity index (χ3v) is 8.92. The van der Waals surface area contributed by atoms with Crippen molar-refractivity contribution in [2.24, 2.45) is 0 Å². The van der Waals surface area contributed by atoms with E-state index < -0.39 is 0 Å². The highest BCUT2D eigenvalue weighted by Gasteiger charge is 2.20. The first-order valence-corrected chi connectivity index (χ1v) is 17.5. The number of carbonyl (C=O) groups excluding carboxylic acids is 1. The maximum absolute atomic E-state index is 13.1. The minimum absolute atomic E-state index is 0.0217. The average Bonchev–Trinajstić information content (AvgIpc) is 3.16. The summed E-state index contributed by atoms with van der Waals surface area (Å²) in [6, 6.07) is 31.5. The lowest BCUT2D eigenvalue weighted by Crippen LogP contribution is -2.47. The van der Waals surface area contributed by atoms with E-state index in [2.05, 4.69) is 45.2 Å². The summed E-state index contributed by atoms with van der Waals surface area (Å²) in [6.45, 7) is 10.8. The molecule has 1 amide bonds. The van der Waals surface area contributed by atoms with Gasteiger partial charge in [-0.25, -0.2) is 9.97 Å². The smallest absolute Gasteiger partial charge is 0.246 e. The van der Waals surface area contributed by atoms with Crippen LogP contribution in [0.25, 0.3) is 6.08 Å². The normalized spacial score (nSPS) is 13.2. The van der Waals surface area contributed by atoms with Gasteiger partial charge in [-0.1, -0.05) is 42.5 Å². The largest absolute Gasteiger partial charge is 0.487 e. The fraction of sp³-hybridized carbons (Fsp3) is 0.256. The Labute approximate surface area is 305 Å². The molecule has 0 atom stereocenters. The molecule has 2 aromatic heterocycles. The number of aromatic nitrogens is 2. The third kappa shape index (κ3) is 10.1. The molecule has 1 saturated heterocycles. The Morgan fingerprint density at radius 2 is 1.54 bits per heavy atom. The zero-order chi connectivity index (χ0) is 36.3. The minimum Gasteiger partial charge on any atom is -0.487 e. The lowest BCUT2D eigenvalue weighted by atomic mass is 10.1. The van der Waals surface area contributed by atoms with Crippen LogP contribution < -0.4 is 14.2 Å². The van der Waals surface area contributed by atoms with Crippen molar-refractivity contribution in [3.8, 4) is 29.3 Å². The van der Waals surface area contributed by atoms with E-state index in [0.29, 0.717) is 49.4 Å². The van der Waals surface area contributed by atoms with Crippen LogP contribution in [-0.2, 0) is 24.4 Å². The van der Waals surface area contributed by atoms with Gasteiger partial charge in [0, 0.05) is 63.0 Å². The molecule has 0 radical (unpaired) electrons. The van der Waals surface area contributed by atoms with Crippen LogP contribution in [-0.4, -0.2) is 58.5 Å². The molecule has 9 nitrogen and oxygen atoms in total. The molecule has 52 heavy (non-hydrogen) atoms. The van der Waals surface area contributed by atoms with Gasteiger partial charge in [0.2, 0.25) is 17.7 Å². The Bertz CT molecular complexity index is 2010. The first-order chi connectivity index (χ1) is 25.3. The van der Waals surface area contributed by atoms with Crippen molar-refractivity contribution in [1.29, 1.82) is 5.26 Å². The predicted molar refractivity (Wildman–Crippen MR) is 201 cm³/mol. The van der Waals surface area contributed by atoms with E-state index in [0.717, 1.165) is 59.8 Å². The van der Waals surface area contributed by atoms with Gasteiger partial charge >= 0.3 is 0 Å². The Morgan fingerprint density at radius 1 is 0.827 bits per heavy atom. The molecule has 0 spiro atoms. The second-order valence-electron chi connectivity index (χ2n) is 13.0. The summed E-state index contributed by atoms with van der Waals surface area (Å²) in [5, 5.41) is 8.96. The van der Waals surface area contributed by atoms with E-state index in [1.807, 2.05) is 80.3 Å². The summed E-state index contributed by atoms with van der Waals surface area (Å²) in [7, 11) is 0. The highest BCUT2D eigenvalue weighted by molar-refractivity contribution is 5.92. The highest BCUT2D eigenvalue weighted by atomic mass is 16.5. The lowest BCUT2D eigenvalue weighted by Gasteiger charge is -2.34. The molecular formula is C43H43N5O4. The first-order valence-electron chi connectivity index (χ1n) is 17.5. The van der Waals surface area contributed by atoms with Gasteiger partial charge in [0.1, 0.15) is 18.1 Å². The Balaban J connectivity index is 0.932. The average molecular weight is 694 g/mol. The van der Waals surface area contributed by atoms with E-state index in [1.165, 1.54) is 11.1 Å². The summed E-state index contributed by atoms with van der Waals surface area (Å²) in [5.74, 6) is 2.50. The standard InChI is InChI=1S/C43H43N5O4/c1-31-25-38(26-32(2)43(31)52-40-17-16-39(28-45-40)51-30-37-13-9-35(27-44)10-14-37)15-18-42(49)48-22-20-47(21-23-48)29-36-11-7-34(8-12-36)19-24-50-41-6-4-5-33(3)46-41/h4-18,25-26,28H,19-24,29-30H2,1-3H3. The van der Waals surface area contributed by atoms with Crippen LogP contribution >= 0.6 is 0 Å². The van der Waals surface area contributed by atoms with Crippen molar-refractivity contribution in [2.45, 2.75) is 40.3 Å². The molecule has 9 heteroatoms. The van der Waals surface area contributed by atoms with Crippen molar-refractivity contribution in [3.63, 3.8) is 0 Å². The number of piperazine rings is 1. The number of pyridine rings is 2. The predicted octanol–water partition coefficient (Wildman–Crippen LogP) is 7.62. The number of carbonyl (C=O) groups is 1. The fourth-order valence-electron chi connectivity index (χ4n) is 6.04. The van der Waals surface area contributed by atoms with Crippen LogP contribution in [0.5, 0.6) is 23.3 Å². The van der Waals surface area contributed by atoms with Gasteiger partial charge in [0.05, 0.1) is 24.4 Å². The molecule has 3 aromatic carbocycles. The van der Waals surface area contributed by atoms with Crippen molar-refractivity contribution in [1.82, 2.24) is 19.8 Å². The molecular weight excluding hydrogens is 651 g/mol. The van der Waals surface area contributed by atoms with Crippen LogP contribution in [0.3, 0.4) is 0 Å². The number of amides is 1. The van der Waals surface area contributed by atoms with Crippen LogP contribution in [0.2, 0.25) is 0 Å². The molecule has 264 valence electrons. The number of benzene rings is 3. The van der Waals surface area contributed by atoms with E-state index in [9.17, 15) is 4.79 Å². The molecule has 1 aliphatic rings. The van der Waals surface area contributed by atoms with Crippen LogP contribution in [0.4, 0.5) is 0 Å². The molecule has 1 aliphatic heterocycles. The number of nitrogens with zero attached hydrogens (tertiary/aromatic N) is 5. The SMILES string of the molecule is Cc1cccc(OCCc2ccc(CN3CCN(C(=O)C=Cc4cc(C)c(Oc5ccc(OCc6ccc(C#N)cc6)cn5)c(C)c4)CC3)cc2)n1. The maximum Gasteiger partial charge on any atom is 0.246 e. The van der Waals surface area contributed by atoms with E-state index >= 15 is 0 Å². The molecule has 0 N–H and O–H groups in total. The van der Waals surface area contributed by atoms with Gasteiger partial charge in [-0.3, -0.25) is 9.69 Å². The zero-order valence-electron chi connectivity index (χ0n) is 29.9. The van der Waals surface area contributed by atoms with E-state index in [4.69, 9.17) is 19.5 Å². The number of nitriles is 1. The van der Waals surface area contributed by atoms with Gasteiger partial charge < -0.3 is 19.1 Å². The molecule has 6 rings (SSSR count). The Morgan fingerprint density at radius 3 is 2.21 bits per heavy atom. The van der Waals surface area contributed by atoms with Gasteiger partial charge in [-0.15, -0.1) is 0 Å². The maximum atomic E-state index is 13.1. The van der Waals surface area contributed by atoms with Gasteiger partial charge in [-0.05, 0) is 96.6 Å². The monoisotopic (exact) mass is 693 g/mol. The first kappa shape index (κ1) is 35.8. The van der Waals surface area contributed by atoms with Crippen LogP contribution in [0.15, 0.2) is 103 Å². The van der Waals surface area contributed by atoms with Crippen LogP contribution in [0, 0.1) is 32.1 Å². The summed E-state index contributed by atoms with van der Waals surface area (Å²) in [6.07, 6.45) is 6.00. The number of hydrogen-bond acceptors (Lipinski definition) is 8. The summed E-state index contributed by atoms with van der Waals surface area (Å²) in [4.78, 5) is 26.2. The third-order valence-electron chi connectivity index (χ3n) is 8.92. The van der Waals surface area contributed by atoms with Crippen molar-refractivity contribution in [3.05, 3.63) is 148 Å².